The minimum atomic E-state index is -0.295. The van der Waals surface area contributed by atoms with Crippen molar-refractivity contribution in [3.8, 4) is 17.2 Å². The van der Waals surface area contributed by atoms with Crippen molar-refractivity contribution in [3.05, 3.63) is 63.9 Å². The highest BCUT2D eigenvalue weighted by molar-refractivity contribution is 5.95. The molecule has 7 nitrogen and oxygen atoms in total. The van der Waals surface area contributed by atoms with E-state index in [-0.39, 0.29) is 11.5 Å². The third-order valence-corrected chi connectivity index (χ3v) is 4.44. The van der Waals surface area contributed by atoms with Crippen LogP contribution in [0.15, 0.2) is 47.3 Å². The van der Waals surface area contributed by atoms with Gasteiger partial charge in [0.2, 0.25) is 5.75 Å². The van der Waals surface area contributed by atoms with Gasteiger partial charge in [0.15, 0.2) is 11.5 Å². The molecule has 0 atom stereocenters. The van der Waals surface area contributed by atoms with E-state index < -0.39 is 0 Å². The number of methoxy groups -OCH3 is 3. The number of amides is 1. The molecule has 0 bridgehead atoms. The van der Waals surface area contributed by atoms with Gasteiger partial charge in [-0.3, -0.25) is 9.59 Å². The average molecular weight is 382 g/mol. The summed E-state index contributed by atoms with van der Waals surface area (Å²) in [6.07, 6.45) is 0.413. The largest absolute Gasteiger partial charge is 0.493 e. The Kier molecular flexibility index (Phi) is 5.84. The number of carbonyl (C=O) groups is 1. The molecule has 2 N–H and O–H groups in total. The van der Waals surface area contributed by atoms with Crippen molar-refractivity contribution in [2.24, 2.45) is 0 Å². The van der Waals surface area contributed by atoms with Crippen LogP contribution in [-0.2, 0) is 6.42 Å². The quantitative estimate of drug-likeness (QED) is 0.655. The van der Waals surface area contributed by atoms with Crippen LogP contribution in [0, 0.1) is 0 Å². The number of aromatic amines is 1. The van der Waals surface area contributed by atoms with Crippen molar-refractivity contribution in [3.63, 3.8) is 0 Å². The molecule has 28 heavy (non-hydrogen) atoms. The predicted molar refractivity (Wildman–Crippen MR) is 107 cm³/mol. The van der Waals surface area contributed by atoms with Crippen LogP contribution in [0.1, 0.15) is 15.9 Å². The normalized spacial score (nSPS) is 10.5. The molecule has 0 saturated heterocycles. The van der Waals surface area contributed by atoms with Gasteiger partial charge in [0.1, 0.15) is 0 Å². The zero-order valence-electron chi connectivity index (χ0n) is 16.0. The summed E-state index contributed by atoms with van der Waals surface area (Å²) in [7, 11) is 4.48. The minimum absolute atomic E-state index is 0.152. The number of carbonyl (C=O) groups excluding carboxylic acids is 1. The fourth-order valence-corrected chi connectivity index (χ4v) is 3.00. The molecule has 0 aliphatic rings. The summed E-state index contributed by atoms with van der Waals surface area (Å²) in [6, 6.07) is 12.6. The number of ether oxygens (including phenoxy) is 3. The van der Waals surface area contributed by atoms with Crippen LogP contribution < -0.4 is 25.1 Å². The molecule has 0 aliphatic heterocycles. The van der Waals surface area contributed by atoms with Gasteiger partial charge in [-0.25, -0.2) is 0 Å². The summed E-state index contributed by atoms with van der Waals surface area (Å²) in [5.74, 6) is 0.927. The van der Waals surface area contributed by atoms with Crippen LogP contribution in [0.25, 0.3) is 10.9 Å². The SMILES string of the molecule is COc1cc(C(=O)NCCc2cc3ccccc3[nH]c2=O)cc(OC)c1OC. The van der Waals surface area contributed by atoms with E-state index in [9.17, 15) is 9.59 Å². The van der Waals surface area contributed by atoms with E-state index in [1.165, 1.54) is 21.3 Å². The standard InChI is InChI=1S/C21H22N2O5/c1-26-17-11-15(12-18(27-2)19(17)28-3)20(24)22-9-8-14-10-13-6-4-5-7-16(13)23-21(14)25/h4-7,10-12H,8-9H2,1-3H3,(H,22,24)(H,23,25). The highest BCUT2D eigenvalue weighted by atomic mass is 16.5. The van der Waals surface area contributed by atoms with Gasteiger partial charge in [-0.05, 0) is 36.1 Å². The maximum Gasteiger partial charge on any atom is 0.251 e. The van der Waals surface area contributed by atoms with Crippen LogP contribution in [0.4, 0.5) is 0 Å². The Bertz CT molecular complexity index is 1030. The lowest BCUT2D eigenvalue weighted by molar-refractivity contribution is 0.0953. The molecular weight excluding hydrogens is 360 g/mol. The molecule has 0 saturated carbocycles. The molecule has 146 valence electrons. The molecule has 3 aromatic rings. The zero-order chi connectivity index (χ0) is 20.1. The Hall–Kier alpha value is -3.48. The van der Waals surface area contributed by atoms with E-state index in [1.807, 2.05) is 30.3 Å². The van der Waals surface area contributed by atoms with Crippen molar-refractivity contribution in [1.29, 1.82) is 0 Å². The van der Waals surface area contributed by atoms with Crippen molar-refractivity contribution in [2.75, 3.05) is 27.9 Å². The Morgan fingerprint density at radius 2 is 1.68 bits per heavy atom. The van der Waals surface area contributed by atoms with E-state index in [1.54, 1.807) is 12.1 Å². The summed E-state index contributed by atoms with van der Waals surface area (Å²) in [5.41, 5.74) is 1.63. The number of para-hydroxylation sites is 1. The Balaban J connectivity index is 1.72. The van der Waals surface area contributed by atoms with Gasteiger partial charge in [-0.1, -0.05) is 18.2 Å². The third-order valence-electron chi connectivity index (χ3n) is 4.44. The fourth-order valence-electron chi connectivity index (χ4n) is 3.00. The van der Waals surface area contributed by atoms with Gasteiger partial charge in [0.05, 0.1) is 21.3 Å². The van der Waals surface area contributed by atoms with Crippen molar-refractivity contribution >= 4 is 16.8 Å². The third kappa shape index (κ3) is 3.93. The smallest absolute Gasteiger partial charge is 0.251 e. The molecule has 0 aliphatic carbocycles. The monoisotopic (exact) mass is 382 g/mol. The molecule has 0 spiro atoms. The maximum absolute atomic E-state index is 12.5. The van der Waals surface area contributed by atoms with Crippen LogP contribution in [0.3, 0.4) is 0 Å². The van der Waals surface area contributed by atoms with Crippen LogP contribution in [-0.4, -0.2) is 38.8 Å². The molecule has 1 aromatic heterocycles. The number of hydrogen-bond donors (Lipinski definition) is 2. The highest BCUT2D eigenvalue weighted by Crippen LogP contribution is 2.38. The summed E-state index contributed by atoms with van der Waals surface area (Å²) in [6.45, 7) is 0.316. The summed E-state index contributed by atoms with van der Waals surface area (Å²) in [4.78, 5) is 27.6. The minimum Gasteiger partial charge on any atom is -0.493 e. The number of pyridine rings is 1. The molecule has 0 radical (unpaired) electrons. The molecular formula is C21H22N2O5. The van der Waals surface area contributed by atoms with Gasteiger partial charge in [0, 0.05) is 23.2 Å². The van der Waals surface area contributed by atoms with Gasteiger partial charge >= 0.3 is 0 Å². The van der Waals surface area contributed by atoms with E-state index >= 15 is 0 Å². The molecule has 7 heteroatoms. The lowest BCUT2D eigenvalue weighted by Gasteiger charge is -2.14. The number of nitrogens with one attached hydrogen (secondary N) is 2. The molecule has 2 aromatic carbocycles. The first-order chi connectivity index (χ1) is 13.6. The number of benzene rings is 2. The molecule has 0 unspecified atom stereocenters. The first-order valence-electron chi connectivity index (χ1n) is 8.76. The van der Waals surface area contributed by atoms with E-state index in [2.05, 4.69) is 10.3 Å². The second-order valence-electron chi connectivity index (χ2n) is 6.13. The van der Waals surface area contributed by atoms with Crippen molar-refractivity contribution < 1.29 is 19.0 Å². The topological polar surface area (TPSA) is 89.7 Å². The number of hydrogen-bond acceptors (Lipinski definition) is 5. The van der Waals surface area contributed by atoms with Crippen molar-refractivity contribution in [1.82, 2.24) is 10.3 Å². The summed E-state index contributed by atoms with van der Waals surface area (Å²) in [5, 5.41) is 3.77. The number of H-pyrrole nitrogens is 1. The Labute approximate surface area is 162 Å². The number of rotatable bonds is 7. The number of aromatic nitrogens is 1. The van der Waals surface area contributed by atoms with Crippen molar-refractivity contribution in [2.45, 2.75) is 6.42 Å². The van der Waals surface area contributed by atoms with E-state index in [0.29, 0.717) is 41.3 Å². The Morgan fingerprint density at radius 3 is 2.32 bits per heavy atom. The van der Waals surface area contributed by atoms with E-state index in [0.717, 1.165) is 10.9 Å². The predicted octanol–water partition coefficient (Wildman–Crippen LogP) is 2.53. The van der Waals surface area contributed by atoms with Gasteiger partial charge in [-0.2, -0.15) is 0 Å². The summed E-state index contributed by atoms with van der Waals surface area (Å²) < 4.78 is 15.8. The molecule has 1 amide bonds. The lowest BCUT2D eigenvalue weighted by Crippen LogP contribution is -2.27. The molecule has 1 heterocycles. The van der Waals surface area contributed by atoms with Gasteiger partial charge in [0.25, 0.3) is 11.5 Å². The zero-order valence-corrected chi connectivity index (χ0v) is 16.0. The molecule has 0 fully saturated rings. The van der Waals surface area contributed by atoms with E-state index in [4.69, 9.17) is 14.2 Å². The Morgan fingerprint density at radius 1 is 1.00 bits per heavy atom. The lowest BCUT2D eigenvalue weighted by atomic mass is 10.1. The van der Waals surface area contributed by atoms with Crippen LogP contribution in [0.5, 0.6) is 17.2 Å². The van der Waals surface area contributed by atoms with Crippen LogP contribution in [0.2, 0.25) is 0 Å². The first-order valence-corrected chi connectivity index (χ1v) is 8.76. The second-order valence-corrected chi connectivity index (χ2v) is 6.13. The van der Waals surface area contributed by atoms with Gasteiger partial charge in [-0.15, -0.1) is 0 Å². The summed E-state index contributed by atoms with van der Waals surface area (Å²) >= 11 is 0. The average Bonchev–Trinajstić information content (AvgIpc) is 2.72. The van der Waals surface area contributed by atoms with Crippen LogP contribution >= 0.6 is 0 Å². The fraction of sp³-hybridized carbons (Fsp3) is 0.238. The first kappa shape index (κ1) is 19.3. The van der Waals surface area contributed by atoms with Gasteiger partial charge < -0.3 is 24.5 Å². The highest BCUT2D eigenvalue weighted by Gasteiger charge is 2.17. The maximum atomic E-state index is 12.5. The number of fused-ring (bicyclic) bond motifs is 1. The second kappa shape index (κ2) is 8.47. The molecule has 3 rings (SSSR count).